The third-order valence-electron chi connectivity index (χ3n) is 3.93. The highest BCUT2D eigenvalue weighted by molar-refractivity contribution is 7.17. The molecule has 2 aromatic heterocycles. The minimum Gasteiger partial charge on any atom is -0.491 e. The van der Waals surface area contributed by atoms with Gasteiger partial charge >= 0.3 is 0 Å². The minimum absolute atomic E-state index is 0.132. The zero-order chi connectivity index (χ0) is 18.5. The van der Waals surface area contributed by atoms with Crippen LogP contribution in [0, 0.1) is 20.8 Å². The number of nitrogens with one attached hydrogen (secondary N) is 1. The second-order valence-corrected chi connectivity index (χ2v) is 6.97. The number of hydrogen-bond acceptors (Lipinski definition) is 5. The van der Waals surface area contributed by atoms with Crippen LogP contribution < -0.4 is 10.1 Å². The van der Waals surface area contributed by atoms with Gasteiger partial charge in [-0.1, -0.05) is 24.3 Å². The molecule has 1 N–H and O–H groups in total. The molecule has 0 unspecified atom stereocenters. The van der Waals surface area contributed by atoms with Gasteiger partial charge in [0.15, 0.2) is 0 Å². The molecule has 0 atom stereocenters. The third-order valence-corrected chi connectivity index (χ3v) is 5.11. The quantitative estimate of drug-likeness (QED) is 0.670. The number of nitrogens with zero attached hydrogens (tertiary/aromatic N) is 2. The Balaban J connectivity index is 1.58. The van der Waals surface area contributed by atoms with Crippen LogP contribution in [0.15, 0.2) is 42.6 Å². The molecule has 3 aromatic rings. The van der Waals surface area contributed by atoms with E-state index in [0.717, 1.165) is 27.6 Å². The van der Waals surface area contributed by atoms with E-state index >= 15 is 0 Å². The summed E-state index contributed by atoms with van der Waals surface area (Å²) in [6.45, 7) is 6.72. The summed E-state index contributed by atoms with van der Waals surface area (Å²) >= 11 is 1.35. The Labute approximate surface area is 157 Å². The van der Waals surface area contributed by atoms with E-state index in [1.807, 2.05) is 57.2 Å². The van der Waals surface area contributed by atoms with Crippen LogP contribution in [0.5, 0.6) is 5.75 Å². The Morgan fingerprint density at radius 3 is 2.58 bits per heavy atom. The predicted molar refractivity (Wildman–Crippen MR) is 104 cm³/mol. The first-order valence-corrected chi connectivity index (χ1v) is 9.24. The number of carbonyl (C=O) groups excluding carboxylic acids is 1. The topological polar surface area (TPSA) is 64.1 Å². The number of hydrogen-bond donors (Lipinski definition) is 1. The van der Waals surface area contributed by atoms with E-state index in [-0.39, 0.29) is 5.91 Å². The summed E-state index contributed by atoms with van der Waals surface area (Å²) in [6, 6.07) is 11.7. The standard InChI is InChI=1S/C20H21N3O2S/c1-13-7-6-8-14(2)17(13)25-12-11-22-19(24)18-15(3)23-20(26-18)16-9-4-5-10-21-16/h4-10H,11-12H2,1-3H3,(H,22,24). The van der Waals surface area contributed by atoms with Crippen molar-refractivity contribution < 1.29 is 9.53 Å². The summed E-state index contributed by atoms with van der Waals surface area (Å²) in [6.07, 6.45) is 1.72. The Kier molecular flexibility index (Phi) is 5.63. The lowest BCUT2D eigenvalue weighted by Gasteiger charge is -2.12. The van der Waals surface area contributed by atoms with Crippen molar-refractivity contribution in [2.45, 2.75) is 20.8 Å². The van der Waals surface area contributed by atoms with Gasteiger partial charge in [0.25, 0.3) is 5.91 Å². The molecule has 0 aliphatic heterocycles. The van der Waals surface area contributed by atoms with E-state index in [2.05, 4.69) is 15.3 Å². The van der Waals surface area contributed by atoms with Crippen molar-refractivity contribution >= 4 is 17.2 Å². The summed E-state index contributed by atoms with van der Waals surface area (Å²) in [5, 5.41) is 3.65. The van der Waals surface area contributed by atoms with Crippen molar-refractivity contribution in [3.8, 4) is 16.5 Å². The van der Waals surface area contributed by atoms with Gasteiger partial charge in [0.1, 0.15) is 22.2 Å². The number of aromatic nitrogens is 2. The number of thiazole rings is 1. The fourth-order valence-corrected chi connectivity index (χ4v) is 3.59. The highest BCUT2D eigenvalue weighted by atomic mass is 32.1. The number of benzene rings is 1. The monoisotopic (exact) mass is 367 g/mol. The smallest absolute Gasteiger partial charge is 0.263 e. The van der Waals surface area contributed by atoms with Gasteiger partial charge in [-0.15, -0.1) is 11.3 Å². The van der Waals surface area contributed by atoms with E-state index in [1.165, 1.54) is 11.3 Å². The molecule has 3 rings (SSSR count). The Morgan fingerprint density at radius 2 is 1.88 bits per heavy atom. The molecule has 0 spiro atoms. The molecule has 134 valence electrons. The van der Waals surface area contributed by atoms with E-state index in [1.54, 1.807) is 6.20 Å². The number of para-hydroxylation sites is 1. The molecule has 0 aliphatic rings. The maximum absolute atomic E-state index is 12.4. The van der Waals surface area contributed by atoms with E-state index in [4.69, 9.17) is 4.74 Å². The zero-order valence-corrected chi connectivity index (χ0v) is 15.9. The molecule has 26 heavy (non-hydrogen) atoms. The number of pyridine rings is 1. The van der Waals surface area contributed by atoms with Crippen LogP contribution in [0.2, 0.25) is 0 Å². The van der Waals surface area contributed by atoms with Crippen molar-refractivity contribution in [2.75, 3.05) is 13.2 Å². The highest BCUT2D eigenvalue weighted by Gasteiger charge is 2.16. The molecule has 1 amide bonds. The zero-order valence-electron chi connectivity index (χ0n) is 15.1. The molecule has 2 heterocycles. The normalized spacial score (nSPS) is 10.6. The van der Waals surface area contributed by atoms with Crippen LogP contribution in [0.4, 0.5) is 0 Å². The maximum atomic E-state index is 12.4. The third kappa shape index (κ3) is 4.08. The fourth-order valence-electron chi connectivity index (χ4n) is 2.63. The van der Waals surface area contributed by atoms with Gasteiger partial charge in [0, 0.05) is 6.20 Å². The van der Waals surface area contributed by atoms with Gasteiger partial charge in [-0.05, 0) is 44.0 Å². The SMILES string of the molecule is Cc1cccc(C)c1OCCNC(=O)c1sc(-c2ccccn2)nc1C. The lowest BCUT2D eigenvalue weighted by molar-refractivity contribution is 0.0950. The first kappa shape index (κ1) is 18.1. The van der Waals surface area contributed by atoms with E-state index < -0.39 is 0 Å². The molecule has 0 fully saturated rings. The summed E-state index contributed by atoms with van der Waals surface area (Å²) in [5.74, 6) is 0.750. The maximum Gasteiger partial charge on any atom is 0.263 e. The molecule has 0 bridgehead atoms. The highest BCUT2D eigenvalue weighted by Crippen LogP contribution is 2.26. The predicted octanol–water partition coefficient (Wildman–Crippen LogP) is 3.94. The second-order valence-electron chi connectivity index (χ2n) is 5.97. The Hall–Kier alpha value is -2.73. The fraction of sp³-hybridized carbons (Fsp3) is 0.250. The molecule has 0 aliphatic carbocycles. The van der Waals surface area contributed by atoms with Crippen molar-refractivity contribution in [2.24, 2.45) is 0 Å². The molecule has 0 saturated carbocycles. The largest absolute Gasteiger partial charge is 0.491 e. The average Bonchev–Trinajstić information content (AvgIpc) is 3.03. The molecule has 6 heteroatoms. The lowest BCUT2D eigenvalue weighted by atomic mass is 10.1. The van der Waals surface area contributed by atoms with Crippen molar-refractivity contribution in [1.29, 1.82) is 0 Å². The molecular formula is C20H21N3O2S. The molecule has 5 nitrogen and oxygen atoms in total. The van der Waals surface area contributed by atoms with Crippen LogP contribution in [0.3, 0.4) is 0 Å². The molecule has 0 saturated heterocycles. The summed E-state index contributed by atoms with van der Waals surface area (Å²) in [5.41, 5.74) is 3.67. The van der Waals surface area contributed by atoms with Gasteiger partial charge in [-0.25, -0.2) is 4.98 Å². The summed E-state index contributed by atoms with van der Waals surface area (Å²) in [7, 11) is 0. The minimum atomic E-state index is -0.132. The number of amides is 1. The first-order valence-electron chi connectivity index (χ1n) is 8.42. The van der Waals surface area contributed by atoms with Crippen LogP contribution in [0.25, 0.3) is 10.7 Å². The van der Waals surface area contributed by atoms with Crippen molar-refractivity contribution in [3.63, 3.8) is 0 Å². The first-order chi connectivity index (χ1) is 12.6. The van der Waals surface area contributed by atoms with Gasteiger partial charge < -0.3 is 10.1 Å². The van der Waals surface area contributed by atoms with Gasteiger partial charge in [-0.3, -0.25) is 9.78 Å². The molecule has 1 aromatic carbocycles. The van der Waals surface area contributed by atoms with Gasteiger partial charge in [0.2, 0.25) is 0 Å². The van der Waals surface area contributed by atoms with Gasteiger partial charge in [0.05, 0.1) is 17.9 Å². The average molecular weight is 367 g/mol. The Morgan fingerprint density at radius 1 is 1.12 bits per heavy atom. The summed E-state index contributed by atoms with van der Waals surface area (Å²) < 4.78 is 5.82. The van der Waals surface area contributed by atoms with Crippen LogP contribution >= 0.6 is 11.3 Å². The Bertz CT molecular complexity index is 886. The van der Waals surface area contributed by atoms with Crippen LogP contribution in [-0.4, -0.2) is 29.0 Å². The second kappa shape index (κ2) is 8.10. The number of ether oxygens (including phenoxy) is 1. The van der Waals surface area contributed by atoms with Crippen LogP contribution in [-0.2, 0) is 0 Å². The van der Waals surface area contributed by atoms with Crippen molar-refractivity contribution in [3.05, 3.63) is 64.3 Å². The molecule has 0 radical (unpaired) electrons. The summed E-state index contributed by atoms with van der Waals surface area (Å²) in [4.78, 5) is 21.8. The van der Waals surface area contributed by atoms with E-state index in [9.17, 15) is 4.79 Å². The van der Waals surface area contributed by atoms with E-state index in [0.29, 0.717) is 23.7 Å². The number of rotatable bonds is 6. The lowest BCUT2D eigenvalue weighted by Crippen LogP contribution is -2.28. The van der Waals surface area contributed by atoms with Crippen LogP contribution in [0.1, 0.15) is 26.5 Å². The number of aryl methyl sites for hydroxylation is 3. The molecular weight excluding hydrogens is 346 g/mol. The number of carbonyl (C=O) groups is 1. The van der Waals surface area contributed by atoms with Crippen molar-refractivity contribution in [1.82, 2.24) is 15.3 Å². The van der Waals surface area contributed by atoms with Gasteiger partial charge in [-0.2, -0.15) is 0 Å².